The van der Waals surface area contributed by atoms with E-state index in [1.807, 2.05) is 31.2 Å². The molecule has 0 spiro atoms. The van der Waals surface area contributed by atoms with Crippen LogP contribution in [0.4, 0.5) is 0 Å². The average molecular weight is 279 g/mol. The maximum absolute atomic E-state index is 10.9. The second-order valence-electron chi connectivity index (χ2n) is 5.28. The lowest BCUT2D eigenvalue weighted by molar-refractivity contribution is -0.136. The van der Waals surface area contributed by atoms with Crippen LogP contribution >= 0.6 is 0 Å². The predicted octanol–water partition coefficient (Wildman–Crippen LogP) is 0.895. The smallest absolute Gasteiger partial charge is 0.307 e. The topological polar surface area (TPSA) is 70.0 Å². The van der Waals surface area contributed by atoms with Crippen LogP contribution < -0.4 is 0 Å². The molecular formula is C15H21NO4. The van der Waals surface area contributed by atoms with Gasteiger partial charge in [-0.1, -0.05) is 24.3 Å². The van der Waals surface area contributed by atoms with E-state index < -0.39 is 5.97 Å². The van der Waals surface area contributed by atoms with Gasteiger partial charge in [0.25, 0.3) is 0 Å². The summed E-state index contributed by atoms with van der Waals surface area (Å²) in [6.07, 6.45) is -0.0441. The van der Waals surface area contributed by atoms with Crippen LogP contribution in [0.25, 0.3) is 0 Å². The molecule has 5 heteroatoms. The number of nitrogens with zero attached hydrogens (tertiary/aromatic N) is 1. The van der Waals surface area contributed by atoms with Crippen LogP contribution in [0.2, 0.25) is 0 Å². The van der Waals surface area contributed by atoms with Crippen molar-refractivity contribution in [1.82, 2.24) is 4.90 Å². The third-order valence-electron chi connectivity index (χ3n) is 3.46. The number of carbonyl (C=O) groups is 1. The minimum Gasteiger partial charge on any atom is -0.481 e. The van der Waals surface area contributed by atoms with Gasteiger partial charge in [-0.15, -0.1) is 0 Å². The zero-order chi connectivity index (χ0) is 14.5. The molecule has 1 aromatic rings. The molecule has 20 heavy (non-hydrogen) atoms. The van der Waals surface area contributed by atoms with E-state index in [1.165, 1.54) is 0 Å². The Morgan fingerprint density at radius 3 is 2.70 bits per heavy atom. The molecule has 2 atom stereocenters. The Labute approximate surface area is 118 Å². The third kappa shape index (κ3) is 4.03. The van der Waals surface area contributed by atoms with Crippen molar-refractivity contribution in [3.63, 3.8) is 0 Å². The second kappa shape index (κ2) is 6.83. The van der Waals surface area contributed by atoms with E-state index in [9.17, 15) is 9.90 Å². The minimum absolute atomic E-state index is 0.0115. The maximum Gasteiger partial charge on any atom is 0.307 e. The molecule has 2 N–H and O–H groups in total. The number of ether oxygens (including phenoxy) is 1. The molecule has 2 unspecified atom stereocenters. The fourth-order valence-electron chi connectivity index (χ4n) is 2.66. The van der Waals surface area contributed by atoms with Gasteiger partial charge in [0, 0.05) is 19.6 Å². The summed E-state index contributed by atoms with van der Waals surface area (Å²) in [5, 5.41) is 18.2. The van der Waals surface area contributed by atoms with Crippen LogP contribution in [-0.4, -0.2) is 53.0 Å². The van der Waals surface area contributed by atoms with Gasteiger partial charge in [0.05, 0.1) is 25.2 Å². The molecule has 0 amide bonds. The molecule has 1 saturated heterocycles. The van der Waals surface area contributed by atoms with Crippen molar-refractivity contribution in [1.29, 1.82) is 0 Å². The zero-order valence-corrected chi connectivity index (χ0v) is 11.7. The molecular weight excluding hydrogens is 258 g/mol. The highest BCUT2D eigenvalue weighted by Crippen LogP contribution is 2.17. The van der Waals surface area contributed by atoms with Crippen molar-refractivity contribution >= 4 is 5.97 Å². The number of hydrogen-bond donors (Lipinski definition) is 2. The fourth-order valence-corrected chi connectivity index (χ4v) is 2.66. The molecule has 0 bridgehead atoms. The lowest BCUT2D eigenvalue weighted by Gasteiger charge is -2.36. The molecule has 1 aliphatic rings. The van der Waals surface area contributed by atoms with Crippen LogP contribution in [0.3, 0.4) is 0 Å². The molecule has 0 saturated carbocycles. The first-order valence-corrected chi connectivity index (χ1v) is 6.85. The molecule has 0 aliphatic carbocycles. The molecule has 0 aromatic heterocycles. The monoisotopic (exact) mass is 279 g/mol. The summed E-state index contributed by atoms with van der Waals surface area (Å²) < 4.78 is 5.61. The quantitative estimate of drug-likeness (QED) is 0.838. The number of hydrogen-bond acceptors (Lipinski definition) is 4. The van der Waals surface area contributed by atoms with E-state index in [0.29, 0.717) is 13.1 Å². The van der Waals surface area contributed by atoms with Crippen LogP contribution in [0.15, 0.2) is 24.3 Å². The molecule has 1 heterocycles. The number of rotatable bonds is 5. The Balaban J connectivity index is 2.07. The summed E-state index contributed by atoms with van der Waals surface area (Å²) in [6.45, 7) is 4.14. The van der Waals surface area contributed by atoms with E-state index in [4.69, 9.17) is 9.84 Å². The van der Waals surface area contributed by atoms with Gasteiger partial charge in [-0.05, 0) is 18.1 Å². The van der Waals surface area contributed by atoms with E-state index in [1.54, 1.807) is 0 Å². The Kier molecular flexibility index (Phi) is 5.11. The summed E-state index contributed by atoms with van der Waals surface area (Å²) >= 11 is 0. The Bertz CT molecular complexity index is 463. The lowest BCUT2D eigenvalue weighted by Crippen LogP contribution is -2.47. The number of carboxylic acids is 1. The standard InChI is InChI=1S/C15H21NO4/c1-11-7-16(9-14(10-17)20-11)8-13-5-3-2-4-12(13)6-15(18)19/h2-5,11,14,17H,6-10H2,1H3,(H,18,19). The number of aliphatic hydroxyl groups is 1. The number of morpholine rings is 1. The van der Waals surface area contributed by atoms with Crippen molar-refractivity contribution in [3.8, 4) is 0 Å². The molecule has 110 valence electrons. The molecule has 1 fully saturated rings. The van der Waals surface area contributed by atoms with Crippen molar-refractivity contribution in [2.24, 2.45) is 0 Å². The van der Waals surface area contributed by atoms with Gasteiger partial charge in [0.1, 0.15) is 0 Å². The van der Waals surface area contributed by atoms with Crippen LogP contribution in [0.5, 0.6) is 0 Å². The minimum atomic E-state index is -0.818. The second-order valence-corrected chi connectivity index (χ2v) is 5.28. The van der Waals surface area contributed by atoms with Gasteiger partial charge in [-0.25, -0.2) is 0 Å². The predicted molar refractivity (Wildman–Crippen MR) is 74.5 cm³/mol. The van der Waals surface area contributed by atoms with E-state index in [-0.39, 0.29) is 25.2 Å². The molecule has 2 rings (SSSR count). The summed E-state index contributed by atoms with van der Waals surface area (Å²) in [7, 11) is 0. The first-order chi connectivity index (χ1) is 9.58. The molecule has 1 aliphatic heterocycles. The van der Waals surface area contributed by atoms with E-state index in [0.717, 1.165) is 17.7 Å². The van der Waals surface area contributed by atoms with Crippen molar-refractivity contribution < 1.29 is 19.7 Å². The van der Waals surface area contributed by atoms with Crippen LogP contribution in [0, 0.1) is 0 Å². The molecule has 5 nitrogen and oxygen atoms in total. The summed E-state index contributed by atoms with van der Waals surface area (Å²) in [5.74, 6) is -0.818. The Hall–Kier alpha value is -1.43. The number of benzene rings is 1. The Morgan fingerprint density at radius 2 is 2.05 bits per heavy atom. The maximum atomic E-state index is 10.9. The van der Waals surface area contributed by atoms with Gasteiger partial charge in [-0.2, -0.15) is 0 Å². The summed E-state index contributed by atoms with van der Waals surface area (Å²) in [6, 6.07) is 7.61. The summed E-state index contributed by atoms with van der Waals surface area (Å²) in [4.78, 5) is 13.1. The van der Waals surface area contributed by atoms with E-state index >= 15 is 0 Å². The molecule has 1 aromatic carbocycles. The van der Waals surface area contributed by atoms with Crippen LogP contribution in [-0.2, 0) is 22.5 Å². The zero-order valence-electron chi connectivity index (χ0n) is 11.7. The van der Waals surface area contributed by atoms with Gasteiger partial charge >= 0.3 is 5.97 Å². The summed E-state index contributed by atoms with van der Waals surface area (Å²) in [5.41, 5.74) is 1.88. The van der Waals surface area contributed by atoms with Gasteiger partial charge in [0.15, 0.2) is 0 Å². The highest BCUT2D eigenvalue weighted by molar-refractivity contribution is 5.70. The molecule has 0 radical (unpaired) electrons. The highest BCUT2D eigenvalue weighted by atomic mass is 16.5. The van der Waals surface area contributed by atoms with Crippen molar-refractivity contribution in [3.05, 3.63) is 35.4 Å². The van der Waals surface area contributed by atoms with Crippen molar-refractivity contribution in [2.75, 3.05) is 19.7 Å². The normalized spacial score (nSPS) is 23.7. The van der Waals surface area contributed by atoms with Crippen LogP contribution in [0.1, 0.15) is 18.1 Å². The average Bonchev–Trinajstić information content (AvgIpc) is 2.39. The van der Waals surface area contributed by atoms with Gasteiger partial charge in [0.2, 0.25) is 0 Å². The largest absolute Gasteiger partial charge is 0.481 e. The SMILES string of the molecule is CC1CN(Cc2ccccc2CC(=O)O)CC(CO)O1. The number of aliphatic carboxylic acids is 1. The Morgan fingerprint density at radius 1 is 1.35 bits per heavy atom. The fraction of sp³-hybridized carbons (Fsp3) is 0.533. The number of carboxylic acid groups (broad SMARTS) is 1. The van der Waals surface area contributed by atoms with Crippen molar-refractivity contribution in [2.45, 2.75) is 32.1 Å². The highest BCUT2D eigenvalue weighted by Gasteiger charge is 2.25. The number of aliphatic hydroxyl groups excluding tert-OH is 1. The first-order valence-electron chi connectivity index (χ1n) is 6.85. The van der Waals surface area contributed by atoms with Gasteiger partial charge < -0.3 is 14.9 Å². The van der Waals surface area contributed by atoms with Gasteiger partial charge in [-0.3, -0.25) is 9.69 Å². The first kappa shape index (κ1) is 15.0. The third-order valence-corrected chi connectivity index (χ3v) is 3.46. The van der Waals surface area contributed by atoms with E-state index in [2.05, 4.69) is 4.90 Å². The lowest BCUT2D eigenvalue weighted by atomic mass is 10.0.